The monoisotopic (exact) mass is 251 g/mol. The second-order valence-corrected chi connectivity index (χ2v) is 5.24. The predicted octanol–water partition coefficient (Wildman–Crippen LogP) is 1.46. The summed E-state index contributed by atoms with van der Waals surface area (Å²) in [6.45, 7) is 3.06. The van der Waals surface area contributed by atoms with E-state index in [1.165, 1.54) is 6.07 Å². The summed E-state index contributed by atoms with van der Waals surface area (Å²) in [5.41, 5.74) is 7.20. The van der Waals surface area contributed by atoms with Gasteiger partial charge in [-0.15, -0.1) is 0 Å². The molecule has 0 aromatic heterocycles. The van der Waals surface area contributed by atoms with Gasteiger partial charge in [-0.1, -0.05) is 12.1 Å². The smallest absolute Gasteiger partial charge is 0.123 e. The molecular weight excluding hydrogens is 229 g/mol. The summed E-state index contributed by atoms with van der Waals surface area (Å²) in [6.07, 6.45) is 1.15. The number of hydrogen-bond donors (Lipinski definition) is 1. The molecule has 1 saturated heterocycles. The predicted molar refractivity (Wildman–Crippen MR) is 71.9 cm³/mol. The van der Waals surface area contributed by atoms with E-state index in [2.05, 4.69) is 23.9 Å². The topological polar surface area (TPSA) is 32.5 Å². The van der Waals surface area contributed by atoms with Crippen LogP contribution in [0.4, 0.5) is 4.39 Å². The third kappa shape index (κ3) is 3.07. The van der Waals surface area contributed by atoms with Crippen LogP contribution in [0.5, 0.6) is 0 Å². The van der Waals surface area contributed by atoms with E-state index in [9.17, 15) is 4.39 Å². The lowest BCUT2D eigenvalue weighted by Gasteiger charge is -2.32. The molecule has 0 bridgehead atoms. The van der Waals surface area contributed by atoms with Crippen LogP contribution >= 0.6 is 0 Å². The fraction of sp³-hybridized carbons (Fsp3) is 0.571. The molecule has 2 unspecified atom stereocenters. The van der Waals surface area contributed by atoms with Crippen molar-refractivity contribution in [1.29, 1.82) is 0 Å². The summed E-state index contributed by atoms with van der Waals surface area (Å²) in [5.74, 6) is -0.215. The maximum Gasteiger partial charge on any atom is 0.123 e. The van der Waals surface area contributed by atoms with E-state index in [1.54, 1.807) is 12.1 Å². The molecular formula is C14H22FN3. The van der Waals surface area contributed by atoms with E-state index in [-0.39, 0.29) is 17.9 Å². The summed E-state index contributed by atoms with van der Waals surface area (Å²) >= 11 is 0. The van der Waals surface area contributed by atoms with Crippen LogP contribution < -0.4 is 5.73 Å². The van der Waals surface area contributed by atoms with Gasteiger partial charge in [0, 0.05) is 18.6 Å². The Morgan fingerprint density at radius 1 is 1.33 bits per heavy atom. The van der Waals surface area contributed by atoms with Crippen molar-refractivity contribution >= 4 is 0 Å². The lowest BCUT2D eigenvalue weighted by atomic mass is 9.99. The highest BCUT2D eigenvalue weighted by molar-refractivity contribution is 5.21. The number of likely N-dealkylation sites (N-methyl/N-ethyl adjacent to an activating group) is 2. The minimum Gasteiger partial charge on any atom is -0.323 e. The first-order chi connectivity index (χ1) is 8.58. The average Bonchev–Trinajstić information content (AvgIpc) is 2.50. The van der Waals surface area contributed by atoms with Crippen LogP contribution in [0, 0.1) is 5.82 Å². The molecule has 0 amide bonds. The maximum atomic E-state index is 13.3. The van der Waals surface area contributed by atoms with Crippen LogP contribution in [0.25, 0.3) is 0 Å². The second-order valence-electron chi connectivity index (χ2n) is 5.24. The molecule has 4 heteroatoms. The van der Waals surface area contributed by atoms with Gasteiger partial charge >= 0.3 is 0 Å². The molecule has 1 aliphatic heterocycles. The number of hydrogen-bond acceptors (Lipinski definition) is 3. The molecule has 1 aromatic rings. The number of nitrogens with two attached hydrogens (primary N) is 1. The minimum atomic E-state index is -0.215. The Bertz CT molecular complexity index is 396. The lowest BCUT2D eigenvalue weighted by molar-refractivity contribution is 0.196. The van der Waals surface area contributed by atoms with Gasteiger partial charge in [-0.05, 0) is 51.3 Å². The molecule has 100 valence electrons. The van der Waals surface area contributed by atoms with E-state index < -0.39 is 0 Å². The zero-order valence-electron chi connectivity index (χ0n) is 11.1. The van der Waals surface area contributed by atoms with Gasteiger partial charge in [0.15, 0.2) is 0 Å². The number of benzene rings is 1. The number of nitrogens with zero attached hydrogens (tertiary/aromatic N) is 2. The van der Waals surface area contributed by atoms with Crippen LogP contribution in [0.1, 0.15) is 18.0 Å². The van der Waals surface area contributed by atoms with Gasteiger partial charge in [0.2, 0.25) is 0 Å². The average molecular weight is 251 g/mol. The first-order valence-electron chi connectivity index (χ1n) is 6.48. The maximum absolute atomic E-state index is 13.3. The van der Waals surface area contributed by atoms with Crippen molar-refractivity contribution in [3.8, 4) is 0 Å². The molecule has 0 aliphatic carbocycles. The van der Waals surface area contributed by atoms with Gasteiger partial charge in [-0.2, -0.15) is 0 Å². The normalized spacial score (nSPS) is 24.8. The first kappa shape index (κ1) is 13.5. The zero-order valence-corrected chi connectivity index (χ0v) is 11.1. The van der Waals surface area contributed by atoms with Gasteiger partial charge in [-0.3, -0.25) is 0 Å². The Morgan fingerprint density at radius 2 is 2.11 bits per heavy atom. The van der Waals surface area contributed by atoms with Gasteiger partial charge < -0.3 is 15.5 Å². The van der Waals surface area contributed by atoms with Crippen LogP contribution in [0.15, 0.2) is 24.3 Å². The summed E-state index contributed by atoms with van der Waals surface area (Å²) in [7, 11) is 4.22. The van der Waals surface area contributed by atoms with Crippen molar-refractivity contribution < 1.29 is 4.39 Å². The summed E-state index contributed by atoms with van der Waals surface area (Å²) in [6, 6.07) is 6.73. The van der Waals surface area contributed by atoms with Crippen molar-refractivity contribution in [3.63, 3.8) is 0 Å². The van der Waals surface area contributed by atoms with Crippen molar-refractivity contribution in [1.82, 2.24) is 9.80 Å². The third-order valence-electron chi connectivity index (χ3n) is 3.76. The Kier molecular flexibility index (Phi) is 4.32. The number of rotatable bonds is 2. The molecule has 0 saturated carbocycles. The molecule has 3 nitrogen and oxygen atoms in total. The first-order valence-corrected chi connectivity index (χ1v) is 6.48. The fourth-order valence-corrected chi connectivity index (χ4v) is 2.63. The Hall–Kier alpha value is -0.970. The van der Waals surface area contributed by atoms with Crippen LogP contribution in [-0.2, 0) is 0 Å². The molecule has 18 heavy (non-hydrogen) atoms. The Labute approximate surface area is 108 Å². The zero-order chi connectivity index (χ0) is 13.1. The van der Waals surface area contributed by atoms with Crippen molar-refractivity contribution in [2.24, 2.45) is 5.73 Å². The molecule has 2 atom stereocenters. The van der Waals surface area contributed by atoms with Gasteiger partial charge in [0.25, 0.3) is 0 Å². The summed E-state index contributed by atoms with van der Waals surface area (Å²) in [5, 5.41) is 0. The van der Waals surface area contributed by atoms with E-state index in [0.29, 0.717) is 0 Å². The van der Waals surface area contributed by atoms with E-state index in [0.717, 1.165) is 31.6 Å². The largest absolute Gasteiger partial charge is 0.323 e. The molecule has 1 aromatic carbocycles. The molecule has 0 spiro atoms. The van der Waals surface area contributed by atoms with Crippen molar-refractivity contribution in [2.45, 2.75) is 18.5 Å². The summed E-state index contributed by atoms with van der Waals surface area (Å²) in [4.78, 5) is 4.59. The molecule has 2 N–H and O–H groups in total. The minimum absolute atomic E-state index is 0.147. The van der Waals surface area contributed by atoms with Crippen molar-refractivity contribution in [2.75, 3.05) is 33.7 Å². The molecule has 2 rings (SSSR count). The Morgan fingerprint density at radius 3 is 2.83 bits per heavy atom. The molecule has 0 radical (unpaired) electrons. The van der Waals surface area contributed by atoms with Gasteiger partial charge in [-0.25, -0.2) is 4.39 Å². The third-order valence-corrected chi connectivity index (χ3v) is 3.76. The van der Waals surface area contributed by atoms with Crippen LogP contribution in [0.2, 0.25) is 0 Å². The summed E-state index contributed by atoms with van der Waals surface area (Å²) < 4.78 is 13.3. The lowest BCUT2D eigenvalue weighted by Crippen LogP contribution is -2.45. The molecule has 1 fully saturated rings. The van der Waals surface area contributed by atoms with E-state index in [1.807, 2.05) is 6.07 Å². The fourth-order valence-electron chi connectivity index (χ4n) is 2.63. The quantitative estimate of drug-likeness (QED) is 0.864. The highest BCUT2D eigenvalue weighted by Gasteiger charge is 2.27. The number of halogens is 1. The standard InChI is InChI=1S/C14H22FN3/c1-17-7-4-8-18(2)13(10-17)14(16)11-5-3-6-12(15)9-11/h3,5-6,9,13-14H,4,7-8,10,16H2,1-2H3. The van der Waals surface area contributed by atoms with Crippen LogP contribution in [0.3, 0.4) is 0 Å². The molecule has 1 aliphatic rings. The SMILES string of the molecule is CN1CCCN(C)C(C(N)c2cccc(F)c2)C1. The second kappa shape index (κ2) is 5.78. The highest BCUT2D eigenvalue weighted by Crippen LogP contribution is 2.21. The molecule has 1 heterocycles. The van der Waals surface area contributed by atoms with E-state index in [4.69, 9.17) is 5.73 Å². The van der Waals surface area contributed by atoms with Crippen LogP contribution in [-0.4, -0.2) is 49.6 Å². The van der Waals surface area contributed by atoms with E-state index >= 15 is 0 Å². The van der Waals surface area contributed by atoms with Gasteiger partial charge in [0.05, 0.1) is 0 Å². The highest BCUT2D eigenvalue weighted by atomic mass is 19.1. The Balaban J connectivity index is 2.17. The van der Waals surface area contributed by atoms with Gasteiger partial charge in [0.1, 0.15) is 5.82 Å². The van der Waals surface area contributed by atoms with Crippen molar-refractivity contribution in [3.05, 3.63) is 35.6 Å².